The molecule has 4 heteroatoms. The van der Waals surface area contributed by atoms with Crippen molar-refractivity contribution in [1.82, 2.24) is 0 Å². The SMILES string of the molecule is CCCOC1CCC(OCC2CCC(CC)CC2)C(F)C1F. The number of hydrogen-bond acceptors (Lipinski definition) is 2. The molecule has 0 N–H and O–H groups in total. The van der Waals surface area contributed by atoms with Gasteiger partial charge in [0.1, 0.15) is 0 Å². The topological polar surface area (TPSA) is 18.5 Å². The monoisotopic (exact) mass is 318 g/mol. The molecule has 0 heterocycles. The van der Waals surface area contributed by atoms with Crippen molar-refractivity contribution in [3.8, 4) is 0 Å². The van der Waals surface area contributed by atoms with Crippen LogP contribution in [0.2, 0.25) is 0 Å². The summed E-state index contributed by atoms with van der Waals surface area (Å²) in [6.45, 7) is 5.32. The van der Waals surface area contributed by atoms with Crippen LogP contribution in [-0.4, -0.2) is 37.8 Å². The van der Waals surface area contributed by atoms with Gasteiger partial charge in [0.15, 0.2) is 12.3 Å². The molecule has 2 aliphatic carbocycles. The minimum atomic E-state index is -1.54. The fraction of sp³-hybridized carbons (Fsp3) is 1.00. The van der Waals surface area contributed by atoms with Crippen LogP contribution in [0.1, 0.15) is 65.2 Å². The molecule has 2 aliphatic rings. The van der Waals surface area contributed by atoms with E-state index in [1.54, 1.807) is 0 Å². The molecular formula is C18H32F2O2. The molecular weight excluding hydrogens is 286 g/mol. The smallest absolute Gasteiger partial charge is 0.160 e. The number of ether oxygens (including phenoxy) is 2. The molecule has 0 spiro atoms. The first-order valence-electron chi connectivity index (χ1n) is 9.17. The Morgan fingerprint density at radius 1 is 0.773 bits per heavy atom. The lowest BCUT2D eigenvalue weighted by atomic mass is 9.81. The number of hydrogen-bond donors (Lipinski definition) is 0. The van der Waals surface area contributed by atoms with Crippen LogP contribution in [0, 0.1) is 11.8 Å². The zero-order valence-corrected chi connectivity index (χ0v) is 14.1. The highest BCUT2D eigenvalue weighted by atomic mass is 19.2. The fourth-order valence-corrected chi connectivity index (χ4v) is 3.74. The molecule has 0 bridgehead atoms. The van der Waals surface area contributed by atoms with Crippen molar-refractivity contribution in [2.24, 2.45) is 11.8 Å². The summed E-state index contributed by atoms with van der Waals surface area (Å²) in [4.78, 5) is 0. The van der Waals surface area contributed by atoms with Gasteiger partial charge in [-0.3, -0.25) is 0 Å². The molecule has 4 atom stereocenters. The summed E-state index contributed by atoms with van der Waals surface area (Å²) in [5, 5.41) is 0. The second kappa shape index (κ2) is 9.17. The number of alkyl halides is 2. The second-order valence-corrected chi connectivity index (χ2v) is 7.04. The fourth-order valence-electron chi connectivity index (χ4n) is 3.74. The van der Waals surface area contributed by atoms with Crippen molar-refractivity contribution in [1.29, 1.82) is 0 Å². The van der Waals surface area contributed by atoms with Crippen molar-refractivity contribution in [2.45, 2.75) is 89.8 Å². The van der Waals surface area contributed by atoms with Crippen LogP contribution in [-0.2, 0) is 9.47 Å². The van der Waals surface area contributed by atoms with Gasteiger partial charge in [0, 0.05) is 13.2 Å². The van der Waals surface area contributed by atoms with Gasteiger partial charge in [-0.1, -0.05) is 33.1 Å². The van der Waals surface area contributed by atoms with Crippen molar-refractivity contribution in [2.75, 3.05) is 13.2 Å². The largest absolute Gasteiger partial charge is 0.375 e. The van der Waals surface area contributed by atoms with Gasteiger partial charge in [0.05, 0.1) is 12.2 Å². The van der Waals surface area contributed by atoms with Gasteiger partial charge in [0.25, 0.3) is 0 Å². The highest BCUT2D eigenvalue weighted by molar-refractivity contribution is 4.90. The molecule has 0 aromatic carbocycles. The van der Waals surface area contributed by atoms with E-state index >= 15 is 0 Å². The van der Waals surface area contributed by atoms with E-state index in [0.717, 1.165) is 12.3 Å². The summed E-state index contributed by atoms with van der Waals surface area (Å²) in [5.41, 5.74) is 0. The van der Waals surface area contributed by atoms with Crippen LogP contribution in [0.15, 0.2) is 0 Å². The molecule has 0 radical (unpaired) electrons. The Morgan fingerprint density at radius 2 is 1.32 bits per heavy atom. The molecule has 2 fully saturated rings. The van der Waals surface area contributed by atoms with E-state index in [-0.39, 0.29) is 0 Å². The van der Waals surface area contributed by atoms with Gasteiger partial charge in [-0.15, -0.1) is 0 Å². The van der Waals surface area contributed by atoms with Crippen LogP contribution < -0.4 is 0 Å². The lowest BCUT2D eigenvalue weighted by Crippen LogP contribution is -2.47. The number of rotatable bonds is 7. The Morgan fingerprint density at radius 3 is 1.86 bits per heavy atom. The molecule has 130 valence electrons. The maximum absolute atomic E-state index is 14.2. The quantitative estimate of drug-likeness (QED) is 0.668. The summed E-state index contributed by atoms with van der Waals surface area (Å²) in [5.74, 6) is 1.38. The molecule has 22 heavy (non-hydrogen) atoms. The van der Waals surface area contributed by atoms with E-state index in [4.69, 9.17) is 9.47 Å². The molecule has 0 aromatic rings. The van der Waals surface area contributed by atoms with E-state index in [9.17, 15) is 8.78 Å². The Labute approximate surface area is 133 Å². The number of halogens is 2. The van der Waals surface area contributed by atoms with Gasteiger partial charge in [0.2, 0.25) is 0 Å². The van der Waals surface area contributed by atoms with Gasteiger partial charge in [-0.2, -0.15) is 0 Å². The van der Waals surface area contributed by atoms with Crippen molar-refractivity contribution in [3.63, 3.8) is 0 Å². The standard InChI is InChI=1S/C18H32F2O2/c1-3-11-21-15-9-10-16(18(20)17(15)19)22-12-14-7-5-13(4-2)6-8-14/h13-18H,3-12H2,1-2H3. The van der Waals surface area contributed by atoms with E-state index in [2.05, 4.69) is 6.92 Å². The average Bonchev–Trinajstić information content (AvgIpc) is 2.56. The highest BCUT2D eigenvalue weighted by Gasteiger charge is 2.41. The molecule has 2 nitrogen and oxygen atoms in total. The first-order chi connectivity index (χ1) is 10.7. The van der Waals surface area contributed by atoms with Crippen LogP contribution in [0.25, 0.3) is 0 Å². The Balaban J connectivity index is 1.70. The Bertz CT molecular complexity index is 305. The van der Waals surface area contributed by atoms with Gasteiger partial charge >= 0.3 is 0 Å². The minimum Gasteiger partial charge on any atom is -0.375 e. The van der Waals surface area contributed by atoms with E-state index in [1.807, 2.05) is 6.92 Å². The van der Waals surface area contributed by atoms with Crippen molar-refractivity contribution >= 4 is 0 Å². The third kappa shape index (κ3) is 4.89. The summed E-state index contributed by atoms with van der Waals surface area (Å²) in [6, 6.07) is 0. The van der Waals surface area contributed by atoms with E-state index < -0.39 is 24.6 Å². The van der Waals surface area contributed by atoms with Crippen LogP contribution in [0.5, 0.6) is 0 Å². The zero-order chi connectivity index (χ0) is 15.9. The Kier molecular flexibility index (Phi) is 7.55. The molecule has 0 aliphatic heterocycles. The average molecular weight is 318 g/mol. The first-order valence-corrected chi connectivity index (χ1v) is 9.17. The normalized spacial score (nSPS) is 39.8. The zero-order valence-electron chi connectivity index (χ0n) is 14.1. The lowest BCUT2D eigenvalue weighted by Gasteiger charge is -2.36. The molecule has 2 saturated carbocycles. The Hall–Kier alpha value is -0.220. The predicted molar refractivity (Wildman–Crippen MR) is 84.5 cm³/mol. The highest BCUT2D eigenvalue weighted by Crippen LogP contribution is 2.33. The molecule has 0 aromatic heterocycles. The molecule has 0 amide bonds. The molecule has 0 saturated heterocycles. The van der Waals surface area contributed by atoms with Crippen LogP contribution in [0.3, 0.4) is 0 Å². The summed E-state index contributed by atoms with van der Waals surface area (Å²) in [6.07, 6.45) is 3.83. The van der Waals surface area contributed by atoms with Crippen LogP contribution >= 0.6 is 0 Å². The predicted octanol–water partition coefficient (Wildman–Crippen LogP) is 4.85. The van der Waals surface area contributed by atoms with Gasteiger partial charge < -0.3 is 9.47 Å². The minimum absolute atomic E-state index is 0.504. The van der Waals surface area contributed by atoms with Crippen molar-refractivity contribution in [3.05, 3.63) is 0 Å². The van der Waals surface area contributed by atoms with Gasteiger partial charge in [-0.05, 0) is 43.9 Å². The maximum Gasteiger partial charge on any atom is 0.160 e. The van der Waals surface area contributed by atoms with E-state index in [0.29, 0.717) is 32.0 Å². The lowest BCUT2D eigenvalue weighted by molar-refractivity contribution is -0.123. The van der Waals surface area contributed by atoms with E-state index in [1.165, 1.54) is 32.1 Å². The third-order valence-corrected chi connectivity index (χ3v) is 5.38. The molecule has 4 unspecified atom stereocenters. The van der Waals surface area contributed by atoms with Crippen molar-refractivity contribution < 1.29 is 18.3 Å². The van der Waals surface area contributed by atoms with Gasteiger partial charge in [-0.25, -0.2) is 8.78 Å². The maximum atomic E-state index is 14.2. The molecule has 2 rings (SSSR count). The first kappa shape index (κ1) is 18.1. The summed E-state index contributed by atoms with van der Waals surface area (Å²) < 4.78 is 39.5. The third-order valence-electron chi connectivity index (χ3n) is 5.38. The second-order valence-electron chi connectivity index (χ2n) is 7.04. The van der Waals surface area contributed by atoms with Crippen LogP contribution in [0.4, 0.5) is 8.78 Å². The summed E-state index contributed by atoms with van der Waals surface area (Å²) in [7, 11) is 0. The summed E-state index contributed by atoms with van der Waals surface area (Å²) >= 11 is 0.